The highest BCUT2D eigenvalue weighted by atomic mass is 35.5. The molecule has 142 valence electrons. The fourth-order valence-corrected chi connectivity index (χ4v) is 5.66. The number of carbonyl (C=O) groups excluding carboxylic acids is 2. The summed E-state index contributed by atoms with van der Waals surface area (Å²) in [6.07, 6.45) is 5.55. The highest BCUT2D eigenvalue weighted by Crippen LogP contribution is 2.40. The van der Waals surface area contributed by atoms with E-state index in [9.17, 15) is 9.59 Å². The van der Waals surface area contributed by atoms with Crippen LogP contribution in [0.3, 0.4) is 0 Å². The number of thioether (sulfide) groups is 1. The first-order valence-corrected chi connectivity index (χ1v) is 10.2. The van der Waals surface area contributed by atoms with Crippen molar-refractivity contribution in [3.63, 3.8) is 0 Å². The summed E-state index contributed by atoms with van der Waals surface area (Å²) >= 11 is 1.54. The molecule has 2 amide bonds. The van der Waals surface area contributed by atoms with Crippen molar-refractivity contribution in [3.05, 3.63) is 24.3 Å². The summed E-state index contributed by atoms with van der Waals surface area (Å²) in [5, 5.41) is 3.24. The molecule has 0 radical (unpaired) electrons. The van der Waals surface area contributed by atoms with Crippen LogP contribution in [0.5, 0.6) is 0 Å². The van der Waals surface area contributed by atoms with E-state index < -0.39 is 0 Å². The van der Waals surface area contributed by atoms with Crippen LogP contribution in [0.15, 0.2) is 29.2 Å². The van der Waals surface area contributed by atoms with E-state index in [0.717, 1.165) is 36.3 Å². The SMILES string of the molecule is Cl.NC1CC2CCCC(C1)C2NC(=O)CN1C(=O)CSc2ccccc21. The third-order valence-electron chi connectivity index (χ3n) is 5.81. The van der Waals surface area contributed by atoms with Crippen molar-refractivity contribution in [3.8, 4) is 0 Å². The van der Waals surface area contributed by atoms with Gasteiger partial charge in [-0.25, -0.2) is 0 Å². The van der Waals surface area contributed by atoms with Crippen molar-refractivity contribution in [2.75, 3.05) is 17.2 Å². The maximum Gasteiger partial charge on any atom is 0.240 e. The molecule has 2 bridgehead atoms. The molecule has 4 rings (SSSR count). The molecule has 2 saturated carbocycles. The predicted octanol–water partition coefficient (Wildman–Crippen LogP) is 2.57. The molecule has 7 heteroatoms. The van der Waals surface area contributed by atoms with E-state index in [1.165, 1.54) is 6.42 Å². The van der Waals surface area contributed by atoms with Crippen LogP contribution in [0.2, 0.25) is 0 Å². The van der Waals surface area contributed by atoms with Gasteiger partial charge in [-0.05, 0) is 49.7 Å². The van der Waals surface area contributed by atoms with Gasteiger partial charge in [-0.15, -0.1) is 24.2 Å². The van der Waals surface area contributed by atoms with Crippen molar-refractivity contribution in [2.24, 2.45) is 17.6 Å². The van der Waals surface area contributed by atoms with Gasteiger partial charge in [0, 0.05) is 17.0 Å². The third-order valence-corrected chi connectivity index (χ3v) is 6.86. The van der Waals surface area contributed by atoms with Crippen molar-refractivity contribution >= 4 is 41.7 Å². The van der Waals surface area contributed by atoms with Crippen LogP contribution in [0.4, 0.5) is 5.69 Å². The van der Waals surface area contributed by atoms with Crippen LogP contribution in [-0.2, 0) is 9.59 Å². The number of para-hydroxylation sites is 1. The number of anilines is 1. The van der Waals surface area contributed by atoms with Crippen molar-refractivity contribution in [1.82, 2.24) is 5.32 Å². The van der Waals surface area contributed by atoms with Gasteiger partial charge in [-0.1, -0.05) is 18.6 Å². The predicted molar refractivity (Wildman–Crippen MR) is 107 cm³/mol. The molecular formula is C19H26ClN3O2S. The topological polar surface area (TPSA) is 75.4 Å². The molecule has 26 heavy (non-hydrogen) atoms. The largest absolute Gasteiger partial charge is 0.351 e. The zero-order valence-electron chi connectivity index (χ0n) is 14.7. The van der Waals surface area contributed by atoms with Crippen molar-refractivity contribution < 1.29 is 9.59 Å². The molecule has 2 fully saturated rings. The second kappa shape index (κ2) is 8.19. The Balaban J connectivity index is 0.00000196. The second-order valence-corrected chi connectivity index (χ2v) is 8.53. The van der Waals surface area contributed by atoms with Crippen LogP contribution in [-0.4, -0.2) is 36.2 Å². The molecule has 5 nitrogen and oxygen atoms in total. The Morgan fingerprint density at radius 1 is 1.23 bits per heavy atom. The summed E-state index contributed by atoms with van der Waals surface area (Å²) in [5.74, 6) is 1.34. The first-order chi connectivity index (χ1) is 12.1. The molecule has 0 saturated heterocycles. The maximum absolute atomic E-state index is 12.7. The molecule has 3 aliphatic rings. The van der Waals surface area contributed by atoms with E-state index in [0.29, 0.717) is 17.6 Å². The van der Waals surface area contributed by atoms with Crippen LogP contribution in [0.1, 0.15) is 32.1 Å². The highest BCUT2D eigenvalue weighted by molar-refractivity contribution is 8.00. The minimum absolute atomic E-state index is 0. The maximum atomic E-state index is 12.7. The fourth-order valence-electron chi connectivity index (χ4n) is 4.73. The number of halogens is 1. The van der Waals surface area contributed by atoms with Gasteiger partial charge >= 0.3 is 0 Å². The van der Waals surface area contributed by atoms with Crippen LogP contribution in [0.25, 0.3) is 0 Å². The molecule has 1 aliphatic heterocycles. The number of fused-ring (bicyclic) bond motifs is 3. The molecule has 3 N–H and O–H groups in total. The fraction of sp³-hybridized carbons (Fsp3) is 0.579. The molecule has 0 spiro atoms. The normalized spacial score (nSPS) is 30.2. The number of benzene rings is 1. The molecule has 1 heterocycles. The summed E-state index contributed by atoms with van der Waals surface area (Å²) in [7, 11) is 0. The van der Waals surface area contributed by atoms with Gasteiger partial charge in [0.15, 0.2) is 0 Å². The lowest BCUT2D eigenvalue weighted by atomic mass is 9.67. The quantitative estimate of drug-likeness (QED) is 0.824. The number of amides is 2. The van der Waals surface area contributed by atoms with E-state index in [1.54, 1.807) is 16.7 Å². The number of hydrogen-bond acceptors (Lipinski definition) is 4. The number of hydrogen-bond donors (Lipinski definition) is 2. The average molecular weight is 396 g/mol. The van der Waals surface area contributed by atoms with Gasteiger partial charge in [-0.3, -0.25) is 9.59 Å². The molecule has 2 aliphatic carbocycles. The Morgan fingerprint density at radius 2 is 1.92 bits per heavy atom. The van der Waals surface area contributed by atoms with E-state index in [4.69, 9.17) is 5.73 Å². The lowest BCUT2D eigenvalue weighted by molar-refractivity contribution is -0.124. The van der Waals surface area contributed by atoms with Gasteiger partial charge in [0.1, 0.15) is 6.54 Å². The molecule has 1 aromatic carbocycles. The van der Waals surface area contributed by atoms with Gasteiger partial charge in [0.05, 0.1) is 11.4 Å². The van der Waals surface area contributed by atoms with E-state index in [1.807, 2.05) is 24.3 Å². The minimum Gasteiger partial charge on any atom is -0.351 e. The second-order valence-electron chi connectivity index (χ2n) is 7.51. The molecular weight excluding hydrogens is 370 g/mol. The van der Waals surface area contributed by atoms with Gasteiger partial charge in [0.25, 0.3) is 0 Å². The van der Waals surface area contributed by atoms with Gasteiger partial charge in [-0.2, -0.15) is 0 Å². The molecule has 1 aromatic rings. The first kappa shape index (κ1) is 19.5. The van der Waals surface area contributed by atoms with Crippen molar-refractivity contribution in [2.45, 2.75) is 49.1 Å². The zero-order valence-corrected chi connectivity index (χ0v) is 16.4. The van der Waals surface area contributed by atoms with Crippen molar-refractivity contribution in [1.29, 1.82) is 0 Å². The summed E-state index contributed by atoms with van der Waals surface area (Å²) in [4.78, 5) is 27.7. The Bertz CT molecular complexity index is 673. The molecule has 2 atom stereocenters. The minimum atomic E-state index is -0.0487. The summed E-state index contributed by atoms with van der Waals surface area (Å²) in [6.45, 7) is 0.110. The number of nitrogens with two attached hydrogens (primary N) is 1. The summed E-state index contributed by atoms with van der Waals surface area (Å²) < 4.78 is 0. The summed E-state index contributed by atoms with van der Waals surface area (Å²) in [6, 6.07) is 8.30. The number of rotatable bonds is 3. The Hall–Kier alpha value is -1.24. The molecule has 2 unspecified atom stereocenters. The zero-order chi connectivity index (χ0) is 17.4. The van der Waals surface area contributed by atoms with Crippen LogP contribution >= 0.6 is 24.2 Å². The number of nitrogens with zero attached hydrogens (tertiary/aromatic N) is 1. The average Bonchev–Trinajstić information content (AvgIpc) is 2.58. The number of nitrogens with one attached hydrogen (secondary N) is 1. The highest BCUT2D eigenvalue weighted by Gasteiger charge is 2.40. The first-order valence-electron chi connectivity index (χ1n) is 9.19. The smallest absolute Gasteiger partial charge is 0.240 e. The lowest BCUT2D eigenvalue weighted by Gasteiger charge is -2.45. The van der Waals surface area contributed by atoms with Gasteiger partial charge < -0.3 is 16.0 Å². The standard InChI is InChI=1S/C19H25N3O2S.ClH/c20-14-8-12-4-3-5-13(9-14)19(12)21-17(23)10-22-15-6-1-2-7-16(15)25-11-18(22)24;/h1-2,6-7,12-14,19H,3-5,8-11,20H2,(H,21,23);1H. The number of carbonyl (C=O) groups is 2. The van der Waals surface area contributed by atoms with E-state index >= 15 is 0 Å². The molecule has 0 aromatic heterocycles. The Labute approximate surface area is 164 Å². The van der Waals surface area contributed by atoms with Crippen LogP contribution < -0.4 is 16.0 Å². The van der Waals surface area contributed by atoms with Gasteiger partial charge in [0.2, 0.25) is 11.8 Å². The van der Waals surface area contributed by atoms with E-state index in [-0.39, 0.29) is 42.8 Å². The summed E-state index contributed by atoms with van der Waals surface area (Å²) in [5.41, 5.74) is 7.02. The lowest BCUT2D eigenvalue weighted by Crippen LogP contribution is -2.55. The van der Waals surface area contributed by atoms with E-state index in [2.05, 4.69) is 5.32 Å². The Morgan fingerprint density at radius 3 is 2.65 bits per heavy atom. The van der Waals surface area contributed by atoms with Crippen LogP contribution in [0, 0.1) is 11.8 Å². The third kappa shape index (κ3) is 3.87. The Kier molecular flexibility index (Phi) is 6.15. The monoisotopic (exact) mass is 395 g/mol.